The van der Waals surface area contributed by atoms with Gasteiger partial charge in [0.15, 0.2) is 6.61 Å². The highest BCUT2D eigenvalue weighted by atomic mass is 32.2. The maximum Gasteiger partial charge on any atom is 0.272 e. The van der Waals surface area contributed by atoms with Crippen molar-refractivity contribution in [1.82, 2.24) is 10.3 Å². The van der Waals surface area contributed by atoms with Crippen molar-refractivity contribution in [2.45, 2.75) is 31.6 Å². The van der Waals surface area contributed by atoms with Crippen LogP contribution in [-0.4, -0.2) is 20.9 Å². The number of amides is 1. The molecule has 0 saturated carbocycles. The van der Waals surface area contributed by atoms with E-state index in [0.29, 0.717) is 5.75 Å². The molecule has 7 heteroatoms. The average Bonchev–Trinajstić information content (AvgIpc) is 2.60. The smallest absolute Gasteiger partial charge is 0.272 e. The molecule has 2 aromatic rings. The second kappa shape index (κ2) is 8.64. The van der Waals surface area contributed by atoms with E-state index in [1.165, 1.54) is 12.1 Å². The maximum absolute atomic E-state index is 12.2. The molecule has 0 fully saturated rings. The number of hydrogen-bond acceptors (Lipinski definition) is 4. The summed E-state index contributed by atoms with van der Waals surface area (Å²) in [6, 6.07) is 13.8. The Bertz CT molecular complexity index is 800. The largest absolute Gasteiger partial charge is 0.484 e. The fourth-order valence-corrected chi connectivity index (χ4v) is 2.99. The summed E-state index contributed by atoms with van der Waals surface area (Å²) in [7, 11) is -3.81. The predicted octanol–water partition coefficient (Wildman–Crippen LogP) is 2.34. The zero-order chi connectivity index (χ0) is 18.3. The van der Waals surface area contributed by atoms with Gasteiger partial charge >= 0.3 is 0 Å². The number of hydrogen-bond donors (Lipinski definition) is 2. The molecule has 0 spiro atoms. The van der Waals surface area contributed by atoms with Gasteiger partial charge in [0.1, 0.15) is 5.75 Å². The fraction of sp³-hybridized carbons (Fsp3) is 0.278. The Balaban J connectivity index is 1.85. The van der Waals surface area contributed by atoms with Gasteiger partial charge in [-0.25, -0.2) is 8.42 Å². The van der Waals surface area contributed by atoms with Crippen LogP contribution >= 0.6 is 0 Å². The van der Waals surface area contributed by atoms with Crippen LogP contribution in [-0.2, 0) is 21.2 Å². The first kappa shape index (κ1) is 19.0. The van der Waals surface area contributed by atoms with E-state index in [-0.39, 0.29) is 11.5 Å². The van der Waals surface area contributed by atoms with Crippen LogP contribution in [0.1, 0.15) is 24.5 Å². The zero-order valence-electron chi connectivity index (χ0n) is 14.3. The van der Waals surface area contributed by atoms with E-state index in [1.54, 1.807) is 24.3 Å². The van der Waals surface area contributed by atoms with Gasteiger partial charge in [0.2, 0.25) is 0 Å². The van der Waals surface area contributed by atoms with Crippen molar-refractivity contribution in [2.75, 3.05) is 6.61 Å². The van der Waals surface area contributed by atoms with Crippen molar-refractivity contribution in [2.24, 2.45) is 0 Å². The fourth-order valence-electron chi connectivity index (χ4n) is 2.13. The zero-order valence-corrected chi connectivity index (χ0v) is 15.1. The number of benzene rings is 2. The summed E-state index contributed by atoms with van der Waals surface area (Å²) in [6.07, 6.45) is 1.88. The van der Waals surface area contributed by atoms with E-state index in [9.17, 15) is 13.2 Å². The third kappa shape index (κ3) is 5.88. The molecule has 0 radical (unpaired) electrons. The van der Waals surface area contributed by atoms with Crippen LogP contribution in [0.2, 0.25) is 0 Å². The summed E-state index contributed by atoms with van der Waals surface area (Å²) in [6.45, 7) is 3.71. The van der Waals surface area contributed by atoms with Crippen LogP contribution in [0.4, 0.5) is 0 Å². The molecule has 0 aliphatic heterocycles. The number of ether oxygens (including phenoxy) is 1. The summed E-state index contributed by atoms with van der Waals surface area (Å²) in [4.78, 5) is 13.9. The minimum atomic E-state index is -3.81. The SMILES string of the molecule is CCCc1ccc(S(=O)(=O)NNC(=O)COc2ccc(C)cc2)cc1. The number of sulfonamides is 1. The molecule has 0 aliphatic rings. The molecule has 0 aromatic heterocycles. The van der Waals surface area contributed by atoms with Crippen LogP contribution in [0.3, 0.4) is 0 Å². The van der Waals surface area contributed by atoms with E-state index < -0.39 is 15.9 Å². The van der Waals surface area contributed by atoms with Crippen LogP contribution in [0, 0.1) is 6.92 Å². The molecule has 0 atom stereocenters. The van der Waals surface area contributed by atoms with Gasteiger partial charge in [-0.15, -0.1) is 4.83 Å². The summed E-state index contributed by atoms with van der Waals surface area (Å²) < 4.78 is 29.6. The van der Waals surface area contributed by atoms with Gasteiger partial charge in [-0.3, -0.25) is 10.2 Å². The third-order valence-electron chi connectivity index (χ3n) is 3.49. The normalized spacial score (nSPS) is 11.1. The molecule has 25 heavy (non-hydrogen) atoms. The highest BCUT2D eigenvalue weighted by Crippen LogP contribution is 2.12. The van der Waals surface area contributed by atoms with E-state index in [2.05, 4.69) is 17.2 Å². The molecule has 0 aliphatic carbocycles. The summed E-state index contributed by atoms with van der Waals surface area (Å²) in [5.74, 6) is -0.0538. The van der Waals surface area contributed by atoms with Crippen molar-refractivity contribution in [3.8, 4) is 5.75 Å². The second-order valence-electron chi connectivity index (χ2n) is 5.65. The van der Waals surface area contributed by atoms with E-state index in [4.69, 9.17) is 4.74 Å². The number of rotatable bonds is 8. The monoisotopic (exact) mass is 362 g/mol. The van der Waals surface area contributed by atoms with Gasteiger partial charge in [-0.1, -0.05) is 43.2 Å². The number of aryl methyl sites for hydroxylation is 2. The number of carbonyl (C=O) groups is 1. The van der Waals surface area contributed by atoms with E-state index in [0.717, 1.165) is 24.0 Å². The van der Waals surface area contributed by atoms with Crippen LogP contribution in [0.5, 0.6) is 5.75 Å². The Morgan fingerprint density at radius 3 is 2.28 bits per heavy atom. The molecular formula is C18H22N2O4S. The van der Waals surface area contributed by atoms with Crippen LogP contribution in [0.25, 0.3) is 0 Å². The van der Waals surface area contributed by atoms with Gasteiger partial charge in [-0.2, -0.15) is 0 Å². The first-order valence-electron chi connectivity index (χ1n) is 8.00. The highest BCUT2D eigenvalue weighted by molar-refractivity contribution is 7.89. The minimum Gasteiger partial charge on any atom is -0.484 e. The lowest BCUT2D eigenvalue weighted by atomic mass is 10.1. The maximum atomic E-state index is 12.2. The number of hydrazine groups is 1. The lowest BCUT2D eigenvalue weighted by Crippen LogP contribution is -2.43. The van der Waals surface area contributed by atoms with Crippen molar-refractivity contribution >= 4 is 15.9 Å². The molecule has 2 N–H and O–H groups in total. The van der Waals surface area contributed by atoms with Crippen LogP contribution in [0.15, 0.2) is 53.4 Å². The molecule has 0 unspecified atom stereocenters. The summed E-state index contributed by atoms with van der Waals surface area (Å²) in [5.41, 5.74) is 4.29. The van der Waals surface area contributed by atoms with Crippen LogP contribution < -0.4 is 15.0 Å². The Kier molecular flexibility index (Phi) is 6.55. The second-order valence-corrected chi connectivity index (χ2v) is 7.33. The molecule has 2 rings (SSSR count). The van der Waals surface area contributed by atoms with Gasteiger partial charge in [0.05, 0.1) is 4.90 Å². The third-order valence-corrected chi connectivity index (χ3v) is 4.75. The summed E-state index contributed by atoms with van der Waals surface area (Å²) >= 11 is 0. The molecule has 6 nitrogen and oxygen atoms in total. The average molecular weight is 362 g/mol. The van der Waals surface area contributed by atoms with Crippen molar-refractivity contribution in [3.63, 3.8) is 0 Å². The Labute approximate surface area is 148 Å². The molecular weight excluding hydrogens is 340 g/mol. The highest BCUT2D eigenvalue weighted by Gasteiger charge is 2.15. The van der Waals surface area contributed by atoms with Crippen molar-refractivity contribution in [3.05, 3.63) is 59.7 Å². The van der Waals surface area contributed by atoms with E-state index >= 15 is 0 Å². The first-order chi connectivity index (χ1) is 11.9. The Hall–Kier alpha value is -2.38. The Morgan fingerprint density at radius 1 is 1.04 bits per heavy atom. The summed E-state index contributed by atoms with van der Waals surface area (Å²) in [5, 5.41) is 0. The topological polar surface area (TPSA) is 84.5 Å². The van der Waals surface area contributed by atoms with Gasteiger partial charge in [0, 0.05) is 0 Å². The van der Waals surface area contributed by atoms with Crippen molar-refractivity contribution < 1.29 is 17.9 Å². The number of nitrogens with one attached hydrogen (secondary N) is 2. The van der Waals surface area contributed by atoms with Crippen molar-refractivity contribution in [1.29, 1.82) is 0 Å². The van der Waals surface area contributed by atoms with Gasteiger partial charge in [-0.05, 0) is 43.2 Å². The molecule has 1 amide bonds. The molecule has 0 saturated heterocycles. The number of carbonyl (C=O) groups excluding carboxylic acids is 1. The molecule has 0 bridgehead atoms. The Morgan fingerprint density at radius 2 is 1.68 bits per heavy atom. The lowest BCUT2D eigenvalue weighted by molar-refractivity contribution is -0.123. The van der Waals surface area contributed by atoms with E-state index in [1.807, 2.05) is 19.1 Å². The minimum absolute atomic E-state index is 0.0899. The molecule has 134 valence electrons. The first-order valence-corrected chi connectivity index (χ1v) is 9.48. The standard InChI is InChI=1S/C18H22N2O4S/c1-3-4-15-7-11-17(12-8-15)25(22,23)20-19-18(21)13-24-16-9-5-14(2)6-10-16/h5-12,20H,3-4,13H2,1-2H3,(H,19,21). The molecule has 0 heterocycles. The molecule has 2 aromatic carbocycles. The lowest BCUT2D eigenvalue weighted by Gasteiger charge is -2.10. The predicted molar refractivity (Wildman–Crippen MR) is 95.6 cm³/mol. The quantitative estimate of drug-likeness (QED) is 0.706. The van der Waals surface area contributed by atoms with Gasteiger partial charge < -0.3 is 4.74 Å². The van der Waals surface area contributed by atoms with Gasteiger partial charge in [0.25, 0.3) is 15.9 Å².